The van der Waals surface area contributed by atoms with Gasteiger partial charge in [0, 0.05) is 10.0 Å². The van der Waals surface area contributed by atoms with Crippen molar-refractivity contribution in [2.24, 2.45) is 0 Å². The monoisotopic (exact) mass is 404 g/mol. The molecule has 5 heteroatoms. The number of rotatable bonds is 11. The van der Waals surface area contributed by atoms with Crippen LogP contribution in [0.15, 0.2) is 46.9 Å². The minimum Gasteiger partial charge on any atom is -0.494 e. The van der Waals surface area contributed by atoms with Crippen LogP contribution < -0.4 is 9.47 Å². The predicted molar refractivity (Wildman–Crippen MR) is 101 cm³/mol. The van der Waals surface area contributed by atoms with Gasteiger partial charge in [0.05, 0.1) is 18.8 Å². The molecule has 0 amide bonds. The lowest BCUT2D eigenvalue weighted by molar-refractivity contribution is 0.110. The topological polar surface area (TPSA) is 52.6 Å². The summed E-state index contributed by atoms with van der Waals surface area (Å²) >= 11 is 3.39. The van der Waals surface area contributed by atoms with Crippen molar-refractivity contribution in [3.8, 4) is 11.5 Å². The number of benzene rings is 2. The highest BCUT2D eigenvalue weighted by molar-refractivity contribution is 9.10. The third-order valence-electron chi connectivity index (χ3n) is 3.68. The molecule has 2 rings (SSSR count). The average molecular weight is 405 g/mol. The molecule has 0 spiro atoms. The highest BCUT2D eigenvalue weighted by atomic mass is 79.9. The Balaban J connectivity index is 1.59. The summed E-state index contributed by atoms with van der Waals surface area (Å²) in [7, 11) is 0. The van der Waals surface area contributed by atoms with E-state index >= 15 is 0 Å². The molecule has 0 atom stereocenters. The van der Waals surface area contributed by atoms with Crippen LogP contribution >= 0.6 is 15.9 Å². The molecule has 0 bridgehead atoms. The van der Waals surface area contributed by atoms with Gasteiger partial charge in [0.1, 0.15) is 17.8 Å². The van der Waals surface area contributed by atoms with E-state index in [1.807, 2.05) is 24.3 Å². The molecule has 0 aromatic heterocycles. The summed E-state index contributed by atoms with van der Waals surface area (Å²) in [5.74, 6) is 1.35. The summed E-state index contributed by atoms with van der Waals surface area (Å²) in [5.41, 5.74) is 0.971. The van der Waals surface area contributed by atoms with E-state index in [0.717, 1.165) is 48.5 Å². The minimum atomic E-state index is 0.466. The van der Waals surface area contributed by atoms with Crippen molar-refractivity contribution in [2.45, 2.75) is 25.7 Å². The number of carbonyl (C=O) groups excluding carboxylic acids is 2. The molecule has 0 heterocycles. The van der Waals surface area contributed by atoms with Crippen molar-refractivity contribution in [2.75, 3.05) is 13.2 Å². The smallest absolute Gasteiger partial charge is 0.153 e. The van der Waals surface area contributed by atoms with Gasteiger partial charge in [-0.3, -0.25) is 9.59 Å². The number of unbranched alkanes of at least 4 members (excludes halogenated alkanes) is 3. The Morgan fingerprint density at radius 2 is 1.48 bits per heavy atom. The lowest BCUT2D eigenvalue weighted by Gasteiger charge is -2.09. The second kappa shape index (κ2) is 10.7. The molecule has 0 aliphatic heterocycles. The Bertz CT molecular complexity index is 683. The van der Waals surface area contributed by atoms with Crippen LogP contribution in [-0.4, -0.2) is 25.8 Å². The van der Waals surface area contributed by atoms with Gasteiger partial charge in [-0.2, -0.15) is 0 Å². The maximum Gasteiger partial charge on any atom is 0.153 e. The third kappa shape index (κ3) is 6.70. The molecule has 0 aliphatic carbocycles. The molecule has 0 unspecified atom stereocenters. The van der Waals surface area contributed by atoms with Gasteiger partial charge in [-0.1, -0.05) is 22.0 Å². The molecule has 25 heavy (non-hydrogen) atoms. The molecule has 0 radical (unpaired) electrons. The summed E-state index contributed by atoms with van der Waals surface area (Å²) in [6.45, 7) is 1.22. The fourth-order valence-corrected chi connectivity index (χ4v) is 2.57. The Morgan fingerprint density at radius 3 is 2.12 bits per heavy atom. The van der Waals surface area contributed by atoms with Crippen molar-refractivity contribution < 1.29 is 19.1 Å². The van der Waals surface area contributed by atoms with Crippen LogP contribution in [0.3, 0.4) is 0 Å². The summed E-state index contributed by atoms with van der Waals surface area (Å²) in [4.78, 5) is 21.8. The van der Waals surface area contributed by atoms with Gasteiger partial charge < -0.3 is 9.47 Å². The summed E-state index contributed by atoms with van der Waals surface area (Å²) in [6.07, 6.45) is 5.43. The van der Waals surface area contributed by atoms with E-state index < -0.39 is 0 Å². The highest BCUT2D eigenvalue weighted by Gasteiger charge is 2.04. The number of hydrogen-bond acceptors (Lipinski definition) is 4. The van der Waals surface area contributed by atoms with Gasteiger partial charge in [-0.05, 0) is 62.1 Å². The molecule has 0 fully saturated rings. The number of carbonyl (C=O) groups is 2. The molecule has 2 aromatic carbocycles. The normalized spacial score (nSPS) is 10.3. The summed E-state index contributed by atoms with van der Waals surface area (Å²) in [6, 6.07) is 12.6. The molecule has 0 saturated carbocycles. The van der Waals surface area contributed by atoms with Gasteiger partial charge in [0.15, 0.2) is 6.29 Å². The van der Waals surface area contributed by atoms with Crippen LogP contribution in [0.2, 0.25) is 0 Å². The van der Waals surface area contributed by atoms with Crippen LogP contribution in [0.1, 0.15) is 46.4 Å². The summed E-state index contributed by atoms with van der Waals surface area (Å²) < 4.78 is 12.3. The largest absolute Gasteiger partial charge is 0.494 e. The second-order valence-electron chi connectivity index (χ2n) is 5.60. The lowest BCUT2D eigenvalue weighted by atomic mass is 10.1. The van der Waals surface area contributed by atoms with E-state index in [9.17, 15) is 9.59 Å². The SMILES string of the molecule is O=Cc1ccc(C=O)c(OCCCCCCOc2ccc(Br)cc2)c1. The van der Waals surface area contributed by atoms with Crippen molar-refractivity contribution >= 4 is 28.5 Å². The molecule has 4 nitrogen and oxygen atoms in total. The Kier molecular flexibility index (Phi) is 8.19. The van der Waals surface area contributed by atoms with Gasteiger partial charge in [0.25, 0.3) is 0 Å². The zero-order chi connectivity index (χ0) is 17.9. The number of aldehydes is 2. The molecule has 0 saturated heterocycles. The fourth-order valence-electron chi connectivity index (χ4n) is 2.31. The van der Waals surface area contributed by atoms with Crippen molar-refractivity contribution in [1.82, 2.24) is 0 Å². The van der Waals surface area contributed by atoms with Gasteiger partial charge in [-0.15, -0.1) is 0 Å². The van der Waals surface area contributed by atoms with Crippen LogP contribution in [0.25, 0.3) is 0 Å². The zero-order valence-electron chi connectivity index (χ0n) is 13.9. The molecule has 132 valence electrons. The molecule has 0 N–H and O–H groups in total. The quantitative estimate of drug-likeness (QED) is 0.386. The number of ether oxygens (including phenoxy) is 2. The first-order chi connectivity index (χ1) is 12.2. The van der Waals surface area contributed by atoms with Crippen LogP contribution in [-0.2, 0) is 0 Å². The first kappa shape index (κ1) is 19.2. The lowest BCUT2D eigenvalue weighted by Crippen LogP contribution is -2.02. The Labute approximate surface area is 156 Å². The molecule has 0 aliphatic rings. The maximum absolute atomic E-state index is 11.0. The van der Waals surface area contributed by atoms with E-state index in [1.165, 1.54) is 0 Å². The Morgan fingerprint density at radius 1 is 0.800 bits per heavy atom. The number of halogens is 1. The fraction of sp³-hybridized carbons (Fsp3) is 0.300. The zero-order valence-corrected chi connectivity index (χ0v) is 15.5. The maximum atomic E-state index is 11.0. The first-order valence-corrected chi connectivity index (χ1v) is 9.08. The predicted octanol–water partition coefficient (Wildman–Crippen LogP) is 5.09. The van der Waals surface area contributed by atoms with Crippen molar-refractivity contribution in [3.05, 3.63) is 58.1 Å². The second-order valence-corrected chi connectivity index (χ2v) is 6.51. The van der Waals surface area contributed by atoms with E-state index in [2.05, 4.69) is 15.9 Å². The molecular formula is C20H21BrO4. The van der Waals surface area contributed by atoms with Gasteiger partial charge in [-0.25, -0.2) is 0 Å². The van der Waals surface area contributed by atoms with Crippen molar-refractivity contribution in [3.63, 3.8) is 0 Å². The Hall–Kier alpha value is -2.14. The van der Waals surface area contributed by atoms with Crippen molar-refractivity contribution in [1.29, 1.82) is 0 Å². The highest BCUT2D eigenvalue weighted by Crippen LogP contribution is 2.19. The average Bonchev–Trinajstić information content (AvgIpc) is 2.65. The standard InChI is InChI=1S/C20H21BrO4/c21-18-7-9-19(10-8-18)24-11-3-1-2-4-12-25-20-13-16(14-22)5-6-17(20)15-23/h5-10,13-15H,1-4,11-12H2. The minimum absolute atomic E-state index is 0.466. The summed E-state index contributed by atoms with van der Waals surface area (Å²) in [5, 5.41) is 0. The van der Waals surface area contributed by atoms with Crippen LogP contribution in [0, 0.1) is 0 Å². The van der Waals surface area contributed by atoms with Crippen LogP contribution in [0.4, 0.5) is 0 Å². The first-order valence-electron chi connectivity index (χ1n) is 8.28. The van der Waals surface area contributed by atoms with E-state index in [-0.39, 0.29) is 0 Å². The number of hydrogen-bond donors (Lipinski definition) is 0. The third-order valence-corrected chi connectivity index (χ3v) is 4.21. The van der Waals surface area contributed by atoms with E-state index in [4.69, 9.17) is 9.47 Å². The molecule has 2 aromatic rings. The van der Waals surface area contributed by atoms with E-state index in [1.54, 1.807) is 18.2 Å². The van der Waals surface area contributed by atoms with E-state index in [0.29, 0.717) is 30.1 Å². The molecular weight excluding hydrogens is 384 g/mol. The van der Waals surface area contributed by atoms with Crippen LogP contribution in [0.5, 0.6) is 11.5 Å². The van der Waals surface area contributed by atoms with Gasteiger partial charge in [0.2, 0.25) is 0 Å². The van der Waals surface area contributed by atoms with Gasteiger partial charge >= 0.3 is 0 Å².